The monoisotopic (exact) mass is 247 g/mol. The van der Waals surface area contributed by atoms with E-state index in [1.165, 1.54) is 43.2 Å². The van der Waals surface area contributed by atoms with E-state index in [1.807, 2.05) is 0 Å². The molecule has 0 aromatic heterocycles. The van der Waals surface area contributed by atoms with E-state index in [0.29, 0.717) is 0 Å². The summed E-state index contributed by atoms with van der Waals surface area (Å²) in [7, 11) is 0. The SMILES string of the molecule is CCCNCCCCc1ccc2c(c1)CCCO2. The quantitative estimate of drug-likeness (QED) is 0.746. The molecule has 0 fully saturated rings. The van der Waals surface area contributed by atoms with Gasteiger partial charge in [0.2, 0.25) is 0 Å². The zero-order valence-electron chi connectivity index (χ0n) is 11.5. The van der Waals surface area contributed by atoms with Gasteiger partial charge in [-0.15, -0.1) is 0 Å². The summed E-state index contributed by atoms with van der Waals surface area (Å²) < 4.78 is 5.64. The van der Waals surface area contributed by atoms with Gasteiger partial charge >= 0.3 is 0 Å². The molecule has 18 heavy (non-hydrogen) atoms. The second-order valence-electron chi connectivity index (χ2n) is 5.10. The van der Waals surface area contributed by atoms with Crippen molar-refractivity contribution >= 4 is 0 Å². The van der Waals surface area contributed by atoms with Gasteiger partial charge in [-0.2, -0.15) is 0 Å². The minimum atomic E-state index is 0.884. The highest BCUT2D eigenvalue weighted by molar-refractivity contribution is 5.38. The fraction of sp³-hybridized carbons (Fsp3) is 0.625. The van der Waals surface area contributed by atoms with Crippen molar-refractivity contribution in [2.75, 3.05) is 19.7 Å². The molecule has 2 heteroatoms. The van der Waals surface area contributed by atoms with Crippen LogP contribution in [0.1, 0.15) is 43.7 Å². The van der Waals surface area contributed by atoms with Gasteiger partial charge in [0.05, 0.1) is 6.61 Å². The van der Waals surface area contributed by atoms with Gasteiger partial charge < -0.3 is 10.1 Å². The third-order valence-corrected chi connectivity index (χ3v) is 3.47. The lowest BCUT2D eigenvalue weighted by Crippen LogP contribution is -2.15. The van der Waals surface area contributed by atoms with Crippen LogP contribution in [0.3, 0.4) is 0 Å². The molecule has 1 N–H and O–H groups in total. The van der Waals surface area contributed by atoms with Crippen molar-refractivity contribution in [2.45, 2.75) is 45.4 Å². The standard InChI is InChI=1S/C16H25NO/c1-2-10-17-11-4-3-6-14-8-9-16-15(13-14)7-5-12-18-16/h8-9,13,17H,2-7,10-12H2,1H3. The van der Waals surface area contributed by atoms with Crippen LogP contribution < -0.4 is 10.1 Å². The first-order chi connectivity index (χ1) is 8.90. The van der Waals surface area contributed by atoms with Crippen molar-refractivity contribution in [3.8, 4) is 5.75 Å². The first-order valence-electron chi connectivity index (χ1n) is 7.35. The highest BCUT2D eigenvalue weighted by Gasteiger charge is 2.10. The highest BCUT2D eigenvalue weighted by atomic mass is 16.5. The molecule has 0 unspecified atom stereocenters. The van der Waals surface area contributed by atoms with E-state index in [2.05, 4.69) is 30.4 Å². The molecule has 0 aliphatic carbocycles. The van der Waals surface area contributed by atoms with Gasteiger partial charge in [0.25, 0.3) is 0 Å². The molecule has 1 aliphatic rings. The Balaban J connectivity index is 1.72. The van der Waals surface area contributed by atoms with E-state index in [4.69, 9.17) is 4.74 Å². The minimum absolute atomic E-state index is 0.884. The molecule has 1 aliphatic heterocycles. The Morgan fingerprint density at radius 2 is 2.17 bits per heavy atom. The van der Waals surface area contributed by atoms with Crippen molar-refractivity contribution in [1.82, 2.24) is 5.32 Å². The normalized spacial score (nSPS) is 14.1. The van der Waals surface area contributed by atoms with Gasteiger partial charge in [-0.1, -0.05) is 19.1 Å². The van der Waals surface area contributed by atoms with E-state index >= 15 is 0 Å². The predicted octanol–water partition coefficient (Wildman–Crippen LogP) is 3.33. The lowest BCUT2D eigenvalue weighted by Gasteiger charge is -2.17. The summed E-state index contributed by atoms with van der Waals surface area (Å²) in [5.41, 5.74) is 2.87. The predicted molar refractivity (Wildman–Crippen MR) is 76.4 cm³/mol. The van der Waals surface area contributed by atoms with Crippen LogP contribution in [0.2, 0.25) is 0 Å². The highest BCUT2D eigenvalue weighted by Crippen LogP contribution is 2.25. The molecule has 0 bridgehead atoms. The van der Waals surface area contributed by atoms with Crippen molar-refractivity contribution in [2.24, 2.45) is 0 Å². The summed E-state index contributed by atoms with van der Waals surface area (Å²) >= 11 is 0. The Hall–Kier alpha value is -1.02. The third kappa shape index (κ3) is 4.02. The van der Waals surface area contributed by atoms with Crippen LogP contribution in [0.5, 0.6) is 5.75 Å². The van der Waals surface area contributed by atoms with Gasteiger partial charge in [0.15, 0.2) is 0 Å². The van der Waals surface area contributed by atoms with Gasteiger partial charge in [-0.05, 0) is 68.8 Å². The molecule has 100 valence electrons. The Labute approximate surface area is 111 Å². The molecule has 1 aromatic rings. The minimum Gasteiger partial charge on any atom is -0.493 e. The van der Waals surface area contributed by atoms with Crippen LogP contribution in [0, 0.1) is 0 Å². The van der Waals surface area contributed by atoms with Crippen LogP contribution >= 0.6 is 0 Å². The Kier molecular flexibility index (Phi) is 5.53. The Bertz CT molecular complexity index is 362. The van der Waals surface area contributed by atoms with Gasteiger partial charge in [0, 0.05) is 0 Å². The molecule has 0 spiro atoms. The molecular formula is C16H25NO. The fourth-order valence-corrected chi connectivity index (χ4v) is 2.45. The number of hydrogen-bond donors (Lipinski definition) is 1. The molecule has 0 amide bonds. The molecule has 1 aromatic carbocycles. The van der Waals surface area contributed by atoms with Gasteiger partial charge in [-0.3, -0.25) is 0 Å². The van der Waals surface area contributed by atoms with Crippen LogP contribution in [0.4, 0.5) is 0 Å². The lowest BCUT2D eigenvalue weighted by atomic mass is 10.0. The summed E-state index contributed by atoms with van der Waals surface area (Å²) in [5, 5.41) is 3.45. The first kappa shape index (κ1) is 13.4. The summed E-state index contributed by atoms with van der Waals surface area (Å²) in [4.78, 5) is 0. The maximum absolute atomic E-state index is 5.64. The number of nitrogens with one attached hydrogen (secondary N) is 1. The molecule has 2 nitrogen and oxygen atoms in total. The fourth-order valence-electron chi connectivity index (χ4n) is 2.45. The van der Waals surface area contributed by atoms with Crippen LogP contribution in [0.25, 0.3) is 0 Å². The molecule has 0 radical (unpaired) electrons. The van der Waals surface area contributed by atoms with Crippen LogP contribution in [-0.2, 0) is 12.8 Å². The third-order valence-electron chi connectivity index (χ3n) is 3.47. The van der Waals surface area contributed by atoms with Crippen LogP contribution in [0.15, 0.2) is 18.2 Å². The summed E-state index contributed by atoms with van der Waals surface area (Å²) in [6, 6.07) is 6.72. The lowest BCUT2D eigenvalue weighted by molar-refractivity contribution is 0.288. The second kappa shape index (κ2) is 7.42. The maximum atomic E-state index is 5.64. The maximum Gasteiger partial charge on any atom is 0.122 e. The molecule has 0 atom stereocenters. The van der Waals surface area contributed by atoms with Gasteiger partial charge in [0.1, 0.15) is 5.75 Å². The number of benzene rings is 1. The molecule has 0 saturated carbocycles. The van der Waals surface area contributed by atoms with Gasteiger partial charge in [-0.25, -0.2) is 0 Å². The summed E-state index contributed by atoms with van der Waals surface area (Å²) in [6.07, 6.45) is 7.31. The summed E-state index contributed by atoms with van der Waals surface area (Å²) in [6.45, 7) is 5.40. The zero-order valence-corrected chi connectivity index (χ0v) is 11.5. The van der Waals surface area contributed by atoms with Crippen molar-refractivity contribution in [3.05, 3.63) is 29.3 Å². The average Bonchev–Trinajstić information content (AvgIpc) is 2.42. The number of ether oxygens (including phenoxy) is 1. The number of aryl methyl sites for hydroxylation is 2. The van der Waals surface area contributed by atoms with E-state index in [-0.39, 0.29) is 0 Å². The first-order valence-corrected chi connectivity index (χ1v) is 7.35. The number of unbranched alkanes of at least 4 members (excludes halogenated alkanes) is 1. The zero-order chi connectivity index (χ0) is 12.6. The Morgan fingerprint density at radius 1 is 1.22 bits per heavy atom. The molecule has 2 rings (SSSR count). The largest absolute Gasteiger partial charge is 0.493 e. The van der Waals surface area contributed by atoms with E-state index in [9.17, 15) is 0 Å². The summed E-state index contributed by atoms with van der Waals surface area (Å²) in [5.74, 6) is 1.11. The number of rotatable bonds is 7. The topological polar surface area (TPSA) is 21.3 Å². The number of hydrogen-bond acceptors (Lipinski definition) is 2. The van der Waals surface area contributed by atoms with Crippen molar-refractivity contribution in [1.29, 1.82) is 0 Å². The van der Waals surface area contributed by atoms with E-state index in [1.54, 1.807) is 0 Å². The van der Waals surface area contributed by atoms with E-state index < -0.39 is 0 Å². The van der Waals surface area contributed by atoms with Crippen LogP contribution in [-0.4, -0.2) is 19.7 Å². The van der Waals surface area contributed by atoms with E-state index in [0.717, 1.165) is 31.9 Å². The average molecular weight is 247 g/mol. The van der Waals surface area contributed by atoms with Crippen molar-refractivity contribution < 1.29 is 4.74 Å². The molecular weight excluding hydrogens is 222 g/mol. The second-order valence-corrected chi connectivity index (χ2v) is 5.10. The Morgan fingerprint density at radius 3 is 3.06 bits per heavy atom. The molecule has 1 heterocycles. The smallest absolute Gasteiger partial charge is 0.122 e. The molecule has 0 saturated heterocycles. The number of fused-ring (bicyclic) bond motifs is 1. The van der Waals surface area contributed by atoms with Crippen molar-refractivity contribution in [3.63, 3.8) is 0 Å².